The van der Waals surface area contributed by atoms with Gasteiger partial charge in [-0.3, -0.25) is 9.79 Å². The molecule has 1 amide bonds. The zero-order chi connectivity index (χ0) is 12.5. The first kappa shape index (κ1) is 14.1. The first-order valence-corrected chi connectivity index (χ1v) is 6.69. The van der Waals surface area contributed by atoms with Gasteiger partial charge in [0.2, 0.25) is 5.91 Å². The summed E-state index contributed by atoms with van der Waals surface area (Å²) in [6.45, 7) is 3.35. The average Bonchev–Trinajstić information content (AvgIpc) is 2.91. The van der Waals surface area contributed by atoms with Crippen molar-refractivity contribution in [2.75, 3.05) is 18.4 Å². The molecule has 2 aliphatic rings. The summed E-state index contributed by atoms with van der Waals surface area (Å²) in [5, 5.41) is 5.99. The standard InChI is InChI=1S/C13H13N3OS.BrH/c1-9(17)15-11-4-2-10(3-5-11)12-8-18-13-14-6-7-16(12)13;/h2-5,8H,6-7H2,1H3,(H,15,17);1H. The number of fused-ring (bicyclic) bond motifs is 1. The minimum atomic E-state index is -0.0487. The van der Waals surface area contributed by atoms with E-state index in [0.29, 0.717) is 0 Å². The van der Waals surface area contributed by atoms with Gasteiger partial charge in [0.15, 0.2) is 5.17 Å². The molecule has 0 atom stereocenters. The predicted molar refractivity (Wildman–Crippen MR) is 85.6 cm³/mol. The van der Waals surface area contributed by atoms with Gasteiger partial charge in [-0.25, -0.2) is 0 Å². The molecule has 3 rings (SSSR count). The topological polar surface area (TPSA) is 44.7 Å². The molecule has 0 saturated carbocycles. The summed E-state index contributed by atoms with van der Waals surface area (Å²) in [5.41, 5.74) is 3.18. The number of hydrogen-bond donors (Lipinski definition) is 1. The molecular formula is C13H14BrN3OS. The van der Waals surface area contributed by atoms with Crippen LogP contribution in [0.2, 0.25) is 0 Å². The fourth-order valence-corrected chi connectivity index (χ4v) is 3.04. The van der Waals surface area contributed by atoms with Crippen molar-refractivity contribution in [3.05, 3.63) is 35.2 Å². The second kappa shape index (κ2) is 5.79. The summed E-state index contributed by atoms with van der Waals surface area (Å²) < 4.78 is 0. The molecule has 0 aliphatic carbocycles. The van der Waals surface area contributed by atoms with Crippen LogP contribution in [0.3, 0.4) is 0 Å². The fourth-order valence-electron chi connectivity index (χ4n) is 2.07. The van der Waals surface area contributed by atoms with Crippen molar-refractivity contribution >= 4 is 51.2 Å². The summed E-state index contributed by atoms with van der Waals surface area (Å²) in [5.74, 6) is -0.0487. The van der Waals surface area contributed by atoms with Gasteiger partial charge in [-0.15, -0.1) is 17.0 Å². The number of carbonyl (C=O) groups excluding carboxylic acids is 1. The van der Waals surface area contributed by atoms with E-state index in [0.717, 1.165) is 29.5 Å². The van der Waals surface area contributed by atoms with E-state index in [1.54, 1.807) is 11.8 Å². The lowest BCUT2D eigenvalue weighted by Crippen LogP contribution is -2.19. The Hall–Kier alpha value is -1.27. The molecule has 2 heterocycles. The summed E-state index contributed by atoms with van der Waals surface area (Å²) in [7, 11) is 0. The summed E-state index contributed by atoms with van der Waals surface area (Å²) in [4.78, 5) is 17.6. The van der Waals surface area contributed by atoms with Crippen molar-refractivity contribution < 1.29 is 4.79 Å². The van der Waals surface area contributed by atoms with Crippen molar-refractivity contribution in [1.82, 2.24) is 4.90 Å². The van der Waals surface area contributed by atoms with Gasteiger partial charge in [0, 0.05) is 24.6 Å². The third-order valence-electron chi connectivity index (χ3n) is 2.87. The second-order valence-electron chi connectivity index (χ2n) is 4.20. The third-order valence-corrected chi connectivity index (χ3v) is 3.77. The Labute approximate surface area is 126 Å². The number of nitrogens with one attached hydrogen (secondary N) is 1. The van der Waals surface area contributed by atoms with Crippen molar-refractivity contribution in [1.29, 1.82) is 0 Å². The van der Waals surface area contributed by atoms with Crippen LogP contribution in [0.25, 0.3) is 5.70 Å². The number of hydrogen-bond acceptors (Lipinski definition) is 4. The summed E-state index contributed by atoms with van der Waals surface area (Å²) in [6.07, 6.45) is 0. The van der Waals surface area contributed by atoms with Crippen LogP contribution in [0, 0.1) is 0 Å². The molecule has 0 aromatic heterocycles. The lowest BCUT2D eigenvalue weighted by atomic mass is 10.1. The maximum Gasteiger partial charge on any atom is 0.221 e. The van der Waals surface area contributed by atoms with E-state index in [1.807, 2.05) is 24.3 Å². The van der Waals surface area contributed by atoms with Gasteiger partial charge in [0.25, 0.3) is 0 Å². The fraction of sp³-hybridized carbons (Fsp3) is 0.231. The molecular weight excluding hydrogens is 326 g/mol. The normalized spacial score (nSPS) is 16.4. The van der Waals surface area contributed by atoms with Crippen LogP contribution in [0.5, 0.6) is 0 Å². The van der Waals surface area contributed by atoms with E-state index in [9.17, 15) is 4.79 Å². The third kappa shape index (κ3) is 2.84. The number of anilines is 1. The van der Waals surface area contributed by atoms with Crippen LogP contribution in [-0.4, -0.2) is 29.1 Å². The number of benzene rings is 1. The maximum atomic E-state index is 11.0. The molecule has 1 aromatic carbocycles. The number of amides is 1. The van der Waals surface area contributed by atoms with Crippen molar-refractivity contribution in [2.24, 2.45) is 4.99 Å². The van der Waals surface area contributed by atoms with Crippen molar-refractivity contribution in [2.45, 2.75) is 6.92 Å². The molecule has 0 radical (unpaired) electrons. The predicted octanol–water partition coefficient (Wildman–Crippen LogP) is 2.94. The molecule has 100 valence electrons. The SMILES string of the molecule is Br.CC(=O)Nc1ccc(C2=CSC3=NCCN23)cc1. The summed E-state index contributed by atoms with van der Waals surface area (Å²) in [6, 6.07) is 7.90. The highest BCUT2D eigenvalue weighted by atomic mass is 79.9. The van der Waals surface area contributed by atoms with Crippen LogP contribution in [0.1, 0.15) is 12.5 Å². The molecule has 1 aromatic rings. The van der Waals surface area contributed by atoms with Gasteiger partial charge in [-0.05, 0) is 17.7 Å². The largest absolute Gasteiger partial charge is 0.326 e. The molecule has 6 heteroatoms. The van der Waals surface area contributed by atoms with Gasteiger partial charge in [0.1, 0.15) is 0 Å². The molecule has 0 saturated heterocycles. The van der Waals surface area contributed by atoms with Gasteiger partial charge in [-0.1, -0.05) is 23.9 Å². The molecule has 19 heavy (non-hydrogen) atoms. The van der Waals surface area contributed by atoms with Crippen LogP contribution in [0.15, 0.2) is 34.7 Å². The quantitative estimate of drug-likeness (QED) is 0.900. The maximum absolute atomic E-state index is 11.0. The lowest BCUT2D eigenvalue weighted by molar-refractivity contribution is -0.114. The number of nitrogens with zero attached hydrogens (tertiary/aromatic N) is 2. The molecule has 0 fully saturated rings. The Kier molecular flexibility index (Phi) is 4.31. The van der Waals surface area contributed by atoms with Gasteiger partial charge in [0.05, 0.1) is 12.2 Å². The van der Waals surface area contributed by atoms with E-state index in [4.69, 9.17) is 0 Å². The minimum Gasteiger partial charge on any atom is -0.326 e. The molecule has 2 aliphatic heterocycles. The molecule has 0 unspecified atom stereocenters. The molecule has 1 N–H and O–H groups in total. The Morgan fingerprint density at radius 2 is 2.11 bits per heavy atom. The van der Waals surface area contributed by atoms with Crippen LogP contribution in [-0.2, 0) is 4.79 Å². The van der Waals surface area contributed by atoms with Crippen molar-refractivity contribution in [3.63, 3.8) is 0 Å². The van der Waals surface area contributed by atoms with E-state index in [-0.39, 0.29) is 22.9 Å². The number of aliphatic imine (C=N–C) groups is 1. The smallest absolute Gasteiger partial charge is 0.221 e. The lowest BCUT2D eigenvalue weighted by Gasteiger charge is -2.16. The van der Waals surface area contributed by atoms with Gasteiger partial charge < -0.3 is 10.2 Å². The summed E-state index contributed by atoms with van der Waals surface area (Å²) >= 11 is 1.67. The molecule has 4 nitrogen and oxygen atoms in total. The van der Waals surface area contributed by atoms with E-state index in [2.05, 4.69) is 20.6 Å². The van der Waals surface area contributed by atoms with E-state index in [1.165, 1.54) is 12.6 Å². The Balaban J connectivity index is 0.00000133. The van der Waals surface area contributed by atoms with E-state index < -0.39 is 0 Å². The highest BCUT2D eigenvalue weighted by molar-refractivity contribution is 8.93. The first-order valence-electron chi connectivity index (χ1n) is 5.81. The number of carbonyl (C=O) groups is 1. The van der Waals surface area contributed by atoms with Crippen LogP contribution < -0.4 is 5.32 Å². The molecule has 0 spiro atoms. The van der Waals surface area contributed by atoms with Gasteiger partial charge >= 0.3 is 0 Å². The number of thioether (sulfide) groups is 1. The minimum absolute atomic E-state index is 0. The number of rotatable bonds is 2. The van der Waals surface area contributed by atoms with E-state index >= 15 is 0 Å². The Morgan fingerprint density at radius 1 is 1.37 bits per heavy atom. The highest BCUT2D eigenvalue weighted by Crippen LogP contribution is 2.35. The molecule has 0 bridgehead atoms. The zero-order valence-corrected chi connectivity index (χ0v) is 12.9. The van der Waals surface area contributed by atoms with Crippen molar-refractivity contribution in [3.8, 4) is 0 Å². The average molecular weight is 340 g/mol. The number of halogens is 1. The highest BCUT2D eigenvalue weighted by Gasteiger charge is 2.26. The monoisotopic (exact) mass is 339 g/mol. The number of amidine groups is 1. The zero-order valence-electron chi connectivity index (χ0n) is 10.4. The Morgan fingerprint density at radius 3 is 2.79 bits per heavy atom. The van der Waals surface area contributed by atoms with Crippen LogP contribution in [0.4, 0.5) is 5.69 Å². The Bertz CT molecular complexity index is 554. The second-order valence-corrected chi connectivity index (χ2v) is 5.03. The van der Waals surface area contributed by atoms with Crippen LogP contribution >= 0.6 is 28.7 Å². The van der Waals surface area contributed by atoms with Gasteiger partial charge in [-0.2, -0.15) is 0 Å². The first-order chi connectivity index (χ1) is 8.74.